The van der Waals surface area contributed by atoms with Gasteiger partial charge in [0.1, 0.15) is 5.82 Å². The molecular weight excluding hydrogens is 408 g/mol. The summed E-state index contributed by atoms with van der Waals surface area (Å²) >= 11 is 1.47. The Kier molecular flexibility index (Phi) is 8.23. The van der Waals surface area contributed by atoms with E-state index in [-0.39, 0.29) is 17.1 Å². The standard InChI is InChI=1S/C23H28N6OS/c1-3-18-11-7-8-12-19(18)26-23-28-20(27-22(24)29-23)15-31-16(2)21(30)25-14-13-17-9-5-4-6-10-17/h4-12,16H,3,13-15H2,1-2H3,(H,25,30)(H3,24,26,27,28,29). The molecule has 162 valence electrons. The molecule has 1 atom stereocenters. The van der Waals surface area contributed by atoms with Crippen molar-refractivity contribution in [3.8, 4) is 0 Å². The van der Waals surface area contributed by atoms with Crippen molar-refractivity contribution in [2.45, 2.75) is 37.7 Å². The van der Waals surface area contributed by atoms with Crippen molar-refractivity contribution in [2.24, 2.45) is 0 Å². The quantitative estimate of drug-likeness (QED) is 0.444. The molecule has 1 heterocycles. The van der Waals surface area contributed by atoms with Gasteiger partial charge in [-0.25, -0.2) is 0 Å². The summed E-state index contributed by atoms with van der Waals surface area (Å²) in [6.07, 6.45) is 1.70. The number of nitrogens with zero attached hydrogens (tertiary/aromatic N) is 3. The topological polar surface area (TPSA) is 106 Å². The number of carbonyl (C=O) groups is 1. The third kappa shape index (κ3) is 6.96. The average Bonchev–Trinajstić information content (AvgIpc) is 2.78. The van der Waals surface area contributed by atoms with Crippen molar-refractivity contribution < 1.29 is 4.79 Å². The van der Waals surface area contributed by atoms with Crippen LogP contribution in [0.25, 0.3) is 0 Å². The number of thioether (sulfide) groups is 1. The summed E-state index contributed by atoms with van der Waals surface area (Å²) < 4.78 is 0. The van der Waals surface area contributed by atoms with E-state index in [0.29, 0.717) is 24.1 Å². The van der Waals surface area contributed by atoms with E-state index < -0.39 is 0 Å². The molecule has 0 fully saturated rings. The molecule has 4 N–H and O–H groups in total. The average molecular weight is 437 g/mol. The molecule has 0 aliphatic rings. The summed E-state index contributed by atoms with van der Waals surface area (Å²) in [7, 11) is 0. The summed E-state index contributed by atoms with van der Waals surface area (Å²) in [6.45, 7) is 4.58. The number of nitrogen functional groups attached to an aromatic ring is 1. The van der Waals surface area contributed by atoms with E-state index in [4.69, 9.17) is 5.73 Å². The predicted molar refractivity (Wildman–Crippen MR) is 127 cm³/mol. The van der Waals surface area contributed by atoms with E-state index in [1.54, 1.807) is 0 Å². The molecule has 0 saturated heterocycles. The number of para-hydroxylation sites is 1. The largest absolute Gasteiger partial charge is 0.368 e. The number of aryl methyl sites for hydroxylation is 1. The van der Waals surface area contributed by atoms with Crippen LogP contribution < -0.4 is 16.4 Å². The van der Waals surface area contributed by atoms with Gasteiger partial charge in [0.25, 0.3) is 0 Å². The van der Waals surface area contributed by atoms with Gasteiger partial charge in [0.15, 0.2) is 0 Å². The minimum atomic E-state index is -0.231. The lowest BCUT2D eigenvalue weighted by molar-refractivity contribution is -0.120. The third-order valence-electron chi connectivity index (χ3n) is 4.73. The van der Waals surface area contributed by atoms with Crippen LogP contribution in [-0.2, 0) is 23.4 Å². The fraction of sp³-hybridized carbons (Fsp3) is 0.304. The summed E-state index contributed by atoms with van der Waals surface area (Å²) in [5, 5.41) is 5.98. The number of hydrogen-bond donors (Lipinski definition) is 3. The minimum absolute atomic E-state index is 0.00168. The Balaban J connectivity index is 1.53. The second kappa shape index (κ2) is 11.3. The van der Waals surface area contributed by atoms with Gasteiger partial charge < -0.3 is 16.4 Å². The Morgan fingerprint density at radius 2 is 1.81 bits per heavy atom. The van der Waals surface area contributed by atoms with E-state index in [9.17, 15) is 4.79 Å². The Labute approximate surface area is 187 Å². The fourth-order valence-electron chi connectivity index (χ4n) is 3.02. The van der Waals surface area contributed by atoms with Gasteiger partial charge in [-0.1, -0.05) is 55.5 Å². The van der Waals surface area contributed by atoms with Gasteiger partial charge in [0.2, 0.25) is 17.8 Å². The number of anilines is 3. The third-order valence-corrected chi connectivity index (χ3v) is 5.87. The van der Waals surface area contributed by atoms with E-state index in [1.165, 1.54) is 22.9 Å². The lowest BCUT2D eigenvalue weighted by Gasteiger charge is -2.13. The number of rotatable bonds is 10. The molecule has 3 aromatic rings. The van der Waals surface area contributed by atoms with Gasteiger partial charge in [-0.15, -0.1) is 11.8 Å². The van der Waals surface area contributed by atoms with Crippen LogP contribution in [0, 0.1) is 0 Å². The number of hydrogen-bond acceptors (Lipinski definition) is 7. The van der Waals surface area contributed by atoms with E-state index >= 15 is 0 Å². The monoisotopic (exact) mass is 436 g/mol. The van der Waals surface area contributed by atoms with Crippen LogP contribution in [-0.4, -0.2) is 32.7 Å². The maximum absolute atomic E-state index is 12.4. The molecule has 0 bridgehead atoms. The van der Waals surface area contributed by atoms with Crippen LogP contribution >= 0.6 is 11.8 Å². The Bertz CT molecular complexity index is 998. The molecule has 0 saturated carbocycles. The first-order chi connectivity index (χ1) is 15.0. The van der Waals surface area contributed by atoms with Crippen LogP contribution in [0.3, 0.4) is 0 Å². The van der Waals surface area contributed by atoms with Crippen LogP contribution in [0.2, 0.25) is 0 Å². The molecule has 31 heavy (non-hydrogen) atoms. The highest BCUT2D eigenvalue weighted by Gasteiger charge is 2.15. The van der Waals surface area contributed by atoms with Gasteiger partial charge in [0.05, 0.1) is 11.0 Å². The zero-order valence-electron chi connectivity index (χ0n) is 17.8. The molecule has 0 aliphatic heterocycles. The van der Waals surface area contributed by atoms with Gasteiger partial charge >= 0.3 is 0 Å². The van der Waals surface area contributed by atoms with E-state index in [0.717, 1.165) is 18.5 Å². The summed E-state index contributed by atoms with van der Waals surface area (Å²) in [5.41, 5.74) is 9.19. The Hall–Kier alpha value is -3.13. The highest BCUT2D eigenvalue weighted by Crippen LogP contribution is 2.21. The van der Waals surface area contributed by atoms with Crippen LogP contribution in [0.4, 0.5) is 17.6 Å². The van der Waals surface area contributed by atoms with Gasteiger partial charge in [-0.3, -0.25) is 4.79 Å². The highest BCUT2D eigenvalue weighted by molar-refractivity contribution is 7.99. The number of carbonyl (C=O) groups excluding carboxylic acids is 1. The second-order valence-corrected chi connectivity index (χ2v) is 8.38. The van der Waals surface area contributed by atoms with E-state index in [2.05, 4.69) is 50.7 Å². The number of amides is 1. The molecule has 2 aromatic carbocycles. The zero-order valence-corrected chi connectivity index (χ0v) is 18.7. The smallest absolute Gasteiger partial charge is 0.232 e. The number of nitrogens with two attached hydrogens (primary N) is 1. The Morgan fingerprint density at radius 3 is 2.58 bits per heavy atom. The number of nitrogens with one attached hydrogen (secondary N) is 2. The summed E-state index contributed by atoms with van der Waals surface area (Å²) in [4.78, 5) is 25.3. The normalized spacial score (nSPS) is 11.7. The van der Waals surface area contributed by atoms with Crippen molar-refractivity contribution in [3.05, 3.63) is 71.5 Å². The Morgan fingerprint density at radius 1 is 1.06 bits per heavy atom. The van der Waals surface area contributed by atoms with Gasteiger partial charge in [-0.05, 0) is 37.0 Å². The van der Waals surface area contributed by atoms with Crippen molar-refractivity contribution >= 4 is 35.3 Å². The number of aromatic nitrogens is 3. The van der Waals surface area contributed by atoms with E-state index in [1.807, 2.05) is 43.3 Å². The molecule has 0 aliphatic carbocycles. The van der Waals surface area contributed by atoms with Crippen LogP contribution in [0.15, 0.2) is 54.6 Å². The van der Waals surface area contributed by atoms with Crippen molar-refractivity contribution in [1.29, 1.82) is 0 Å². The molecular formula is C23H28N6OS. The predicted octanol–water partition coefficient (Wildman–Crippen LogP) is 3.74. The molecule has 1 amide bonds. The van der Waals surface area contributed by atoms with Crippen molar-refractivity contribution in [1.82, 2.24) is 20.3 Å². The highest BCUT2D eigenvalue weighted by atomic mass is 32.2. The second-order valence-electron chi connectivity index (χ2n) is 7.05. The van der Waals surface area contributed by atoms with Gasteiger partial charge in [0, 0.05) is 12.2 Å². The molecule has 8 heteroatoms. The van der Waals surface area contributed by atoms with Crippen LogP contribution in [0.5, 0.6) is 0 Å². The maximum atomic E-state index is 12.4. The molecule has 7 nitrogen and oxygen atoms in total. The molecule has 3 rings (SSSR count). The lowest BCUT2D eigenvalue weighted by atomic mass is 10.1. The van der Waals surface area contributed by atoms with Gasteiger partial charge in [-0.2, -0.15) is 15.0 Å². The molecule has 1 unspecified atom stereocenters. The maximum Gasteiger partial charge on any atom is 0.232 e. The van der Waals surface area contributed by atoms with Crippen LogP contribution in [0.1, 0.15) is 30.8 Å². The summed E-state index contributed by atoms with van der Waals surface area (Å²) in [6, 6.07) is 18.1. The lowest BCUT2D eigenvalue weighted by Crippen LogP contribution is -2.32. The first-order valence-corrected chi connectivity index (χ1v) is 11.4. The first kappa shape index (κ1) is 22.6. The molecule has 1 aromatic heterocycles. The number of benzene rings is 2. The van der Waals surface area contributed by atoms with Crippen molar-refractivity contribution in [2.75, 3.05) is 17.6 Å². The fourth-order valence-corrected chi connectivity index (χ4v) is 3.79. The first-order valence-electron chi connectivity index (χ1n) is 10.3. The molecule has 0 spiro atoms. The zero-order chi connectivity index (χ0) is 22.1. The summed E-state index contributed by atoms with van der Waals surface area (Å²) in [5.74, 6) is 1.56. The molecule has 0 radical (unpaired) electrons. The van der Waals surface area contributed by atoms with Crippen molar-refractivity contribution in [3.63, 3.8) is 0 Å². The minimum Gasteiger partial charge on any atom is -0.368 e. The SMILES string of the molecule is CCc1ccccc1Nc1nc(N)nc(CSC(C)C(=O)NCCc2ccccc2)n1.